The smallest absolute Gasteiger partial charge is 0.363 e. The van der Waals surface area contributed by atoms with Crippen molar-refractivity contribution < 1.29 is 4.74 Å². The first-order valence-corrected chi connectivity index (χ1v) is 8.66. The molecule has 3 aromatic rings. The van der Waals surface area contributed by atoms with E-state index in [2.05, 4.69) is 25.7 Å². The highest BCUT2D eigenvalue weighted by Gasteiger charge is 2.03. The fourth-order valence-electron chi connectivity index (χ4n) is 2.12. The van der Waals surface area contributed by atoms with E-state index in [0.29, 0.717) is 33.9 Å². The van der Waals surface area contributed by atoms with Crippen molar-refractivity contribution in [2.24, 2.45) is 5.10 Å². The highest BCUT2D eigenvalue weighted by molar-refractivity contribution is 6.35. The molecule has 0 fully saturated rings. The number of nitrogens with zero attached hydrogens (tertiary/aromatic N) is 3. The van der Waals surface area contributed by atoms with Crippen molar-refractivity contribution in [1.82, 2.24) is 15.2 Å². The number of aromatic amines is 1. The van der Waals surface area contributed by atoms with Crippen LogP contribution in [0.1, 0.15) is 16.8 Å². The minimum atomic E-state index is -0.541. The number of ether oxygens (including phenoxy) is 1. The highest BCUT2D eigenvalue weighted by Crippen LogP contribution is 2.22. The summed E-state index contributed by atoms with van der Waals surface area (Å²) in [4.78, 5) is 14.9. The molecule has 0 atom stereocenters. The van der Waals surface area contributed by atoms with E-state index in [1.54, 1.807) is 25.3 Å². The van der Waals surface area contributed by atoms with E-state index in [4.69, 9.17) is 27.9 Å². The van der Waals surface area contributed by atoms with Gasteiger partial charge in [0.2, 0.25) is 0 Å². The van der Waals surface area contributed by atoms with Crippen LogP contribution in [0.5, 0.6) is 5.75 Å². The maximum Gasteiger partial charge on any atom is 0.363 e. The average Bonchev–Trinajstić information content (AvgIpc) is 2.65. The topological polar surface area (TPSA) is 92.3 Å². The SMILES string of the molecule is Cc1n[nH]c(=O)nc1N/N=C\c1ccc(OCc2ccc(Cl)cc2Cl)cc1. The molecule has 3 rings (SSSR count). The fourth-order valence-corrected chi connectivity index (χ4v) is 2.58. The van der Waals surface area contributed by atoms with E-state index in [1.807, 2.05) is 30.3 Å². The molecule has 0 bridgehead atoms. The lowest BCUT2D eigenvalue weighted by atomic mass is 10.2. The summed E-state index contributed by atoms with van der Waals surface area (Å²) in [6.07, 6.45) is 1.60. The third-order valence-corrected chi connectivity index (χ3v) is 4.14. The number of anilines is 1. The van der Waals surface area contributed by atoms with Crippen molar-refractivity contribution in [3.63, 3.8) is 0 Å². The zero-order valence-electron chi connectivity index (χ0n) is 14.2. The zero-order chi connectivity index (χ0) is 19.2. The van der Waals surface area contributed by atoms with Crippen molar-refractivity contribution in [1.29, 1.82) is 0 Å². The van der Waals surface area contributed by atoms with Gasteiger partial charge in [0.15, 0.2) is 5.82 Å². The lowest BCUT2D eigenvalue weighted by Crippen LogP contribution is -2.15. The lowest BCUT2D eigenvalue weighted by molar-refractivity contribution is 0.306. The summed E-state index contributed by atoms with van der Waals surface area (Å²) < 4.78 is 5.73. The van der Waals surface area contributed by atoms with Crippen molar-refractivity contribution in [2.45, 2.75) is 13.5 Å². The summed E-state index contributed by atoms with van der Waals surface area (Å²) in [6.45, 7) is 2.05. The van der Waals surface area contributed by atoms with E-state index in [9.17, 15) is 4.79 Å². The van der Waals surface area contributed by atoms with Gasteiger partial charge in [-0.3, -0.25) is 5.43 Å². The van der Waals surface area contributed by atoms with Crippen LogP contribution < -0.4 is 15.9 Å². The van der Waals surface area contributed by atoms with E-state index < -0.39 is 5.69 Å². The molecular formula is C18H15Cl2N5O2. The summed E-state index contributed by atoms with van der Waals surface area (Å²) in [7, 11) is 0. The van der Waals surface area contributed by atoms with Crippen LogP contribution in [0, 0.1) is 6.92 Å². The number of hydrazone groups is 1. The van der Waals surface area contributed by atoms with E-state index >= 15 is 0 Å². The molecule has 27 heavy (non-hydrogen) atoms. The molecule has 9 heteroatoms. The molecule has 0 aliphatic rings. The van der Waals surface area contributed by atoms with Gasteiger partial charge < -0.3 is 4.74 Å². The second kappa shape index (κ2) is 8.66. The van der Waals surface area contributed by atoms with Gasteiger partial charge in [0.25, 0.3) is 0 Å². The third-order valence-electron chi connectivity index (χ3n) is 3.55. The van der Waals surface area contributed by atoms with Crippen LogP contribution in [-0.2, 0) is 6.61 Å². The van der Waals surface area contributed by atoms with Crippen LogP contribution in [0.4, 0.5) is 5.82 Å². The predicted octanol–water partition coefficient (Wildman–Crippen LogP) is 3.81. The van der Waals surface area contributed by atoms with Crippen LogP contribution in [0.25, 0.3) is 0 Å². The second-order valence-electron chi connectivity index (χ2n) is 5.54. The Morgan fingerprint density at radius 3 is 2.74 bits per heavy atom. The lowest BCUT2D eigenvalue weighted by Gasteiger charge is -2.08. The quantitative estimate of drug-likeness (QED) is 0.482. The van der Waals surface area contributed by atoms with E-state index in [0.717, 1.165) is 11.1 Å². The molecule has 0 spiro atoms. The summed E-state index contributed by atoms with van der Waals surface area (Å²) in [6, 6.07) is 12.6. The molecular weight excluding hydrogens is 389 g/mol. The van der Waals surface area contributed by atoms with Crippen molar-refractivity contribution in [3.8, 4) is 5.75 Å². The largest absolute Gasteiger partial charge is 0.489 e. The summed E-state index contributed by atoms with van der Waals surface area (Å²) in [5, 5.41) is 11.3. The minimum Gasteiger partial charge on any atom is -0.489 e. The van der Waals surface area contributed by atoms with Crippen molar-refractivity contribution in [2.75, 3.05) is 5.43 Å². The Kier molecular flexibility index (Phi) is 6.05. The standard InChI is InChI=1S/C18H15Cl2N5O2/c1-11-17(22-18(26)25-23-11)24-21-9-12-2-6-15(7-3-12)27-10-13-4-5-14(19)8-16(13)20/h2-9H,10H2,1H3,(H2,22,24,25,26)/b21-9-. The molecule has 1 heterocycles. The highest BCUT2D eigenvalue weighted by atomic mass is 35.5. The number of H-pyrrole nitrogens is 1. The predicted molar refractivity (Wildman–Crippen MR) is 106 cm³/mol. The minimum absolute atomic E-state index is 0.301. The molecule has 0 aliphatic carbocycles. The van der Waals surface area contributed by atoms with Crippen LogP contribution in [0.2, 0.25) is 10.0 Å². The number of aryl methyl sites for hydroxylation is 1. The van der Waals surface area contributed by atoms with Gasteiger partial charge >= 0.3 is 5.69 Å². The van der Waals surface area contributed by atoms with Crippen LogP contribution in [0.3, 0.4) is 0 Å². The maximum absolute atomic E-state index is 11.2. The van der Waals surface area contributed by atoms with Gasteiger partial charge in [-0.05, 0) is 48.9 Å². The number of aromatic nitrogens is 3. The Morgan fingerprint density at radius 2 is 2.00 bits per heavy atom. The van der Waals surface area contributed by atoms with Crippen molar-refractivity contribution in [3.05, 3.63) is 79.8 Å². The molecule has 0 unspecified atom stereocenters. The molecule has 0 saturated heterocycles. The van der Waals surface area contributed by atoms with E-state index in [-0.39, 0.29) is 0 Å². The Morgan fingerprint density at radius 1 is 1.22 bits per heavy atom. The van der Waals surface area contributed by atoms with Gasteiger partial charge in [0.1, 0.15) is 18.1 Å². The summed E-state index contributed by atoms with van der Waals surface area (Å²) in [5.74, 6) is 0.997. The summed E-state index contributed by atoms with van der Waals surface area (Å²) in [5.41, 5.74) is 4.39. The molecule has 0 aliphatic heterocycles. The molecule has 1 aromatic heterocycles. The first-order valence-electron chi connectivity index (χ1n) is 7.90. The summed E-state index contributed by atoms with van der Waals surface area (Å²) >= 11 is 12.0. The molecule has 0 amide bonds. The van der Waals surface area contributed by atoms with Gasteiger partial charge in [-0.25, -0.2) is 9.89 Å². The number of benzene rings is 2. The third kappa shape index (κ3) is 5.29. The van der Waals surface area contributed by atoms with Gasteiger partial charge in [-0.15, -0.1) is 0 Å². The maximum atomic E-state index is 11.2. The molecule has 7 nitrogen and oxygen atoms in total. The van der Waals surface area contributed by atoms with Crippen molar-refractivity contribution >= 4 is 35.2 Å². The fraction of sp³-hybridized carbons (Fsp3) is 0.111. The molecule has 2 aromatic carbocycles. The molecule has 138 valence electrons. The Labute approximate surface area is 165 Å². The first kappa shape index (κ1) is 18.9. The Bertz CT molecular complexity index is 1020. The van der Waals surface area contributed by atoms with Crippen LogP contribution in [0.15, 0.2) is 52.4 Å². The Hall–Kier alpha value is -2.90. The molecule has 2 N–H and O–H groups in total. The number of hydrogen-bond donors (Lipinski definition) is 2. The van der Waals surface area contributed by atoms with Gasteiger partial charge in [0.05, 0.1) is 6.21 Å². The molecule has 0 saturated carbocycles. The normalized spacial score (nSPS) is 10.9. The number of rotatable bonds is 6. The zero-order valence-corrected chi connectivity index (χ0v) is 15.8. The van der Waals surface area contributed by atoms with Gasteiger partial charge in [0, 0.05) is 15.6 Å². The number of hydrogen-bond acceptors (Lipinski definition) is 6. The second-order valence-corrected chi connectivity index (χ2v) is 6.38. The van der Waals surface area contributed by atoms with Gasteiger partial charge in [-0.2, -0.15) is 15.2 Å². The molecule has 0 radical (unpaired) electrons. The Balaban J connectivity index is 1.58. The van der Waals surface area contributed by atoms with Gasteiger partial charge in [-0.1, -0.05) is 29.3 Å². The number of nitrogens with one attached hydrogen (secondary N) is 2. The van der Waals surface area contributed by atoms with E-state index in [1.165, 1.54) is 0 Å². The monoisotopic (exact) mass is 403 g/mol. The average molecular weight is 404 g/mol. The number of halogens is 2. The van der Waals surface area contributed by atoms with Crippen LogP contribution in [-0.4, -0.2) is 21.4 Å². The first-order chi connectivity index (χ1) is 13.0. The van der Waals surface area contributed by atoms with Crippen LogP contribution >= 0.6 is 23.2 Å².